The van der Waals surface area contributed by atoms with E-state index < -0.39 is 23.2 Å². The normalized spacial score (nSPS) is 10.9. The number of aromatic nitrogens is 2. The Balaban J connectivity index is 2.33. The molecule has 0 aliphatic carbocycles. The number of ketones is 1. The molecule has 0 saturated heterocycles. The second-order valence-corrected chi connectivity index (χ2v) is 4.70. The molecule has 0 saturated carbocycles. The van der Waals surface area contributed by atoms with Crippen LogP contribution in [0.4, 0.5) is 13.2 Å². The molecule has 0 bridgehead atoms. The highest BCUT2D eigenvalue weighted by Crippen LogP contribution is 2.22. The molecular formula is C13H10ClF3N2O. The summed E-state index contributed by atoms with van der Waals surface area (Å²) < 4.78 is 40.4. The molecule has 7 heteroatoms. The van der Waals surface area contributed by atoms with Gasteiger partial charge in [-0.25, -0.2) is 13.2 Å². The van der Waals surface area contributed by atoms with Gasteiger partial charge in [0.1, 0.15) is 0 Å². The van der Waals surface area contributed by atoms with Crippen molar-refractivity contribution in [3.05, 3.63) is 51.6 Å². The number of hydrogen-bond acceptors (Lipinski definition) is 2. The Labute approximate surface area is 118 Å². The smallest absolute Gasteiger partial charge is 0.194 e. The molecule has 0 atom stereocenters. The number of aryl methyl sites for hydroxylation is 2. The Hall–Kier alpha value is -1.82. The fourth-order valence-electron chi connectivity index (χ4n) is 1.84. The second-order valence-electron chi connectivity index (χ2n) is 4.32. The Kier molecular flexibility index (Phi) is 3.85. The Bertz CT molecular complexity index is 674. The summed E-state index contributed by atoms with van der Waals surface area (Å²) >= 11 is 5.99. The van der Waals surface area contributed by atoms with E-state index in [-0.39, 0.29) is 12.0 Å². The highest BCUT2D eigenvalue weighted by molar-refractivity contribution is 6.32. The number of rotatable bonds is 3. The van der Waals surface area contributed by atoms with Gasteiger partial charge in [-0.05, 0) is 19.1 Å². The molecule has 1 heterocycles. The molecule has 20 heavy (non-hydrogen) atoms. The van der Waals surface area contributed by atoms with Crippen molar-refractivity contribution in [1.82, 2.24) is 9.78 Å². The van der Waals surface area contributed by atoms with Crippen molar-refractivity contribution < 1.29 is 18.0 Å². The molecule has 0 aliphatic heterocycles. The van der Waals surface area contributed by atoms with Crippen molar-refractivity contribution in [2.75, 3.05) is 0 Å². The molecule has 1 aromatic heterocycles. The van der Waals surface area contributed by atoms with Crippen LogP contribution >= 0.6 is 11.6 Å². The van der Waals surface area contributed by atoms with Crippen molar-refractivity contribution in [3.63, 3.8) is 0 Å². The minimum absolute atomic E-state index is 0.180. The average Bonchev–Trinajstić information content (AvgIpc) is 2.62. The first kappa shape index (κ1) is 14.6. The number of benzene rings is 1. The third kappa shape index (κ3) is 2.56. The maximum atomic E-state index is 13.1. The topological polar surface area (TPSA) is 34.9 Å². The maximum Gasteiger partial charge on any atom is 0.194 e. The van der Waals surface area contributed by atoms with Crippen LogP contribution in [0.5, 0.6) is 0 Å². The molecule has 0 spiro atoms. The van der Waals surface area contributed by atoms with Gasteiger partial charge < -0.3 is 0 Å². The Morgan fingerprint density at radius 3 is 2.30 bits per heavy atom. The van der Waals surface area contributed by atoms with Gasteiger partial charge in [0.2, 0.25) is 0 Å². The van der Waals surface area contributed by atoms with Crippen LogP contribution in [0, 0.1) is 24.4 Å². The van der Waals surface area contributed by atoms with E-state index in [1.54, 1.807) is 14.0 Å². The molecule has 0 amide bonds. The molecule has 3 nitrogen and oxygen atoms in total. The van der Waals surface area contributed by atoms with Gasteiger partial charge in [-0.1, -0.05) is 11.6 Å². The highest BCUT2D eigenvalue weighted by atomic mass is 35.5. The zero-order chi connectivity index (χ0) is 15.0. The first-order valence-corrected chi connectivity index (χ1v) is 6.04. The second kappa shape index (κ2) is 5.28. The van der Waals surface area contributed by atoms with E-state index in [4.69, 9.17) is 11.6 Å². The first-order chi connectivity index (χ1) is 9.31. The molecule has 106 valence electrons. The first-order valence-electron chi connectivity index (χ1n) is 5.67. The lowest BCUT2D eigenvalue weighted by molar-refractivity contribution is 0.0989. The largest absolute Gasteiger partial charge is 0.294 e. The van der Waals surface area contributed by atoms with Crippen molar-refractivity contribution >= 4 is 17.4 Å². The number of Topliss-reactive ketones (excluding diaryl/α,β-unsaturated/α-hetero) is 1. The molecule has 0 radical (unpaired) electrons. The van der Waals surface area contributed by atoms with Gasteiger partial charge in [0.05, 0.1) is 22.8 Å². The summed E-state index contributed by atoms with van der Waals surface area (Å²) in [5.41, 5.74) is 0.726. The quantitative estimate of drug-likeness (QED) is 0.644. The number of nitrogens with zero attached hydrogens (tertiary/aromatic N) is 2. The summed E-state index contributed by atoms with van der Waals surface area (Å²) in [6, 6.07) is 1.33. The molecule has 0 fully saturated rings. The standard InChI is InChI=1S/C13H10ClF3N2O/c1-6-12(14)10(19(2)18-6)5-11(20)7-3-8(15)13(17)9(16)4-7/h3-4H,5H2,1-2H3. The van der Waals surface area contributed by atoms with Crippen LogP contribution in [0.25, 0.3) is 0 Å². The zero-order valence-electron chi connectivity index (χ0n) is 10.7. The van der Waals surface area contributed by atoms with Crippen LogP contribution in [0.2, 0.25) is 5.02 Å². The van der Waals surface area contributed by atoms with E-state index in [9.17, 15) is 18.0 Å². The SMILES string of the molecule is Cc1nn(C)c(CC(=O)c2cc(F)c(F)c(F)c2)c1Cl. The van der Waals surface area contributed by atoms with Crippen LogP contribution in [0.3, 0.4) is 0 Å². The molecule has 0 unspecified atom stereocenters. The predicted molar refractivity (Wildman–Crippen MR) is 67.3 cm³/mol. The van der Waals surface area contributed by atoms with Crippen LogP contribution in [-0.2, 0) is 13.5 Å². The fraction of sp³-hybridized carbons (Fsp3) is 0.231. The van der Waals surface area contributed by atoms with Crippen molar-refractivity contribution in [3.8, 4) is 0 Å². The van der Waals surface area contributed by atoms with Crippen LogP contribution in [0.15, 0.2) is 12.1 Å². The third-order valence-electron chi connectivity index (χ3n) is 2.90. The number of halogens is 4. The summed E-state index contributed by atoms with van der Waals surface area (Å²) in [6.07, 6.45) is -0.180. The maximum absolute atomic E-state index is 13.1. The van der Waals surface area contributed by atoms with Gasteiger partial charge in [0, 0.05) is 12.6 Å². The number of hydrogen-bond donors (Lipinski definition) is 0. The van der Waals surface area contributed by atoms with Crippen LogP contribution in [-0.4, -0.2) is 15.6 Å². The summed E-state index contributed by atoms with van der Waals surface area (Å²) in [6.45, 7) is 1.67. The summed E-state index contributed by atoms with van der Waals surface area (Å²) in [4.78, 5) is 12.0. The van der Waals surface area contributed by atoms with Gasteiger partial charge in [-0.2, -0.15) is 5.10 Å². The number of carbonyl (C=O) groups is 1. The zero-order valence-corrected chi connectivity index (χ0v) is 11.4. The van der Waals surface area contributed by atoms with E-state index >= 15 is 0 Å². The van der Waals surface area contributed by atoms with E-state index in [0.717, 1.165) is 0 Å². The Morgan fingerprint density at radius 2 is 1.85 bits per heavy atom. The minimum Gasteiger partial charge on any atom is -0.294 e. The van der Waals surface area contributed by atoms with Gasteiger partial charge in [0.25, 0.3) is 0 Å². The van der Waals surface area contributed by atoms with Crippen LogP contribution in [0.1, 0.15) is 21.7 Å². The van der Waals surface area contributed by atoms with E-state index in [2.05, 4.69) is 5.10 Å². The molecule has 2 aromatic rings. The van der Waals surface area contributed by atoms with E-state index in [1.807, 2.05) is 0 Å². The van der Waals surface area contributed by atoms with Gasteiger partial charge in [0.15, 0.2) is 23.2 Å². The van der Waals surface area contributed by atoms with Crippen molar-refractivity contribution in [2.24, 2.45) is 7.05 Å². The highest BCUT2D eigenvalue weighted by Gasteiger charge is 2.19. The molecule has 1 aromatic carbocycles. The predicted octanol–water partition coefficient (Wildman–Crippen LogP) is 3.22. The molecular weight excluding hydrogens is 293 g/mol. The van der Waals surface area contributed by atoms with Gasteiger partial charge in [-0.3, -0.25) is 9.48 Å². The number of carbonyl (C=O) groups excluding carboxylic acids is 1. The molecule has 2 rings (SSSR count). The molecule has 0 aliphatic rings. The summed E-state index contributed by atoms with van der Waals surface area (Å²) in [5.74, 6) is -4.98. The van der Waals surface area contributed by atoms with Gasteiger partial charge in [-0.15, -0.1) is 0 Å². The third-order valence-corrected chi connectivity index (χ3v) is 3.39. The van der Waals surface area contributed by atoms with Crippen LogP contribution < -0.4 is 0 Å². The lowest BCUT2D eigenvalue weighted by Crippen LogP contribution is -2.10. The van der Waals surface area contributed by atoms with E-state index in [1.165, 1.54) is 4.68 Å². The summed E-state index contributed by atoms with van der Waals surface area (Å²) in [7, 11) is 1.60. The monoisotopic (exact) mass is 302 g/mol. The van der Waals surface area contributed by atoms with Crippen molar-refractivity contribution in [2.45, 2.75) is 13.3 Å². The van der Waals surface area contributed by atoms with Gasteiger partial charge >= 0.3 is 0 Å². The Morgan fingerprint density at radius 1 is 1.30 bits per heavy atom. The lowest BCUT2D eigenvalue weighted by atomic mass is 10.1. The minimum atomic E-state index is -1.60. The van der Waals surface area contributed by atoms with E-state index in [0.29, 0.717) is 28.5 Å². The summed E-state index contributed by atoms with van der Waals surface area (Å²) in [5, 5.41) is 4.35. The molecule has 0 N–H and O–H groups in total. The fourth-order valence-corrected chi connectivity index (χ4v) is 2.07. The van der Waals surface area contributed by atoms with Crippen molar-refractivity contribution in [1.29, 1.82) is 0 Å². The average molecular weight is 303 g/mol. The lowest BCUT2D eigenvalue weighted by Gasteiger charge is -2.04.